The van der Waals surface area contributed by atoms with E-state index in [-0.39, 0.29) is 17.7 Å². The first kappa shape index (κ1) is 12.6. The Hall–Kier alpha value is -1.88. The molecule has 1 aromatic rings. The Morgan fingerprint density at radius 3 is 2.78 bits per heavy atom. The van der Waals surface area contributed by atoms with Crippen LogP contribution in [0.4, 0.5) is 0 Å². The van der Waals surface area contributed by atoms with Gasteiger partial charge in [-0.15, -0.1) is 0 Å². The van der Waals surface area contributed by atoms with Gasteiger partial charge in [0.05, 0.1) is 5.92 Å². The summed E-state index contributed by atoms with van der Waals surface area (Å²) < 4.78 is 0. The molecule has 0 radical (unpaired) electrons. The lowest BCUT2D eigenvalue weighted by Crippen LogP contribution is -2.31. The molecule has 0 bridgehead atoms. The smallest absolute Gasteiger partial charge is 0.253 e. The van der Waals surface area contributed by atoms with Crippen LogP contribution in [0.1, 0.15) is 22.3 Å². The molecule has 1 atom stereocenters. The summed E-state index contributed by atoms with van der Waals surface area (Å²) in [6.07, 6.45) is 0.650. The van der Waals surface area contributed by atoms with Crippen LogP contribution in [0, 0.1) is 5.92 Å². The van der Waals surface area contributed by atoms with Crippen LogP contribution in [-0.2, 0) is 11.3 Å². The third kappa shape index (κ3) is 2.51. The van der Waals surface area contributed by atoms with E-state index in [9.17, 15) is 9.59 Å². The highest BCUT2D eigenvalue weighted by atomic mass is 16.2. The number of carbonyl (C=O) groups is 2. The summed E-state index contributed by atoms with van der Waals surface area (Å²) in [6, 6.07) is 7.25. The van der Waals surface area contributed by atoms with Crippen LogP contribution in [0.25, 0.3) is 0 Å². The zero-order chi connectivity index (χ0) is 13.1. The molecule has 0 saturated carbocycles. The molecular formula is C13H17N3O2. The van der Waals surface area contributed by atoms with Gasteiger partial charge < -0.3 is 16.4 Å². The van der Waals surface area contributed by atoms with Crippen molar-refractivity contribution in [1.29, 1.82) is 0 Å². The van der Waals surface area contributed by atoms with Crippen molar-refractivity contribution < 1.29 is 9.59 Å². The van der Waals surface area contributed by atoms with Crippen LogP contribution < -0.4 is 11.5 Å². The molecule has 1 unspecified atom stereocenters. The van der Waals surface area contributed by atoms with Gasteiger partial charge in [-0.05, 0) is 24.1 Å². The molecule has 2 amide bonds. The van der Waals surface area contributed by atoms with Gasteiger partial charge in [0, 0.05) is 25.2 Å². The van der Waals surface area contributed by atoms with E-state index < -0.39 is 0 Å². The molecule has 5 nitrogen and oxygen atoms in total. The molecule has 1 saturated heterocycles. The van der Waals surface area contributed by atoms with Crippen LogP contribution in [0.2, 0.25) is 0 Å². The number of hydrogen-bond acceptors (Lipinski definition) is 3. The minimum atomic E-state index is -0.332. The zero-order valence-corrected chi connectivity index (χ0v) is 10.1. The number of nitrogens with two attached hydrogens (primary N) is 2. The predicted octanol–water partition coefficient (Wildman–Crippen LogP) is 0.0927. The molecule has 96 valence electrons. The Morgan fingerprint density at radius 2 is 2.17 bits per heavy atom. The van der Waals surface area contributed by atoms with E-state index in [1.165, 1.54) is 0 Å². The molecule has 1 aliphatic rings. The van der Waals surface area contributed by atoms with E-state index in [4.69, 9.17) is 11.5 Å². The van der Waals surface area contributed by atoms with Crippen molar-refractivity contribution in [3.05, 3.63) is 35.4 Å². The highest BCUT2D eigenvalue weighted by molar-refractivity contribution is 5.95. The van der Waals surface area contributed by atoms with Gasteiger partial charge in [-0.2, -0.15) is 0 Å². The van der Waals surface area contributed by atoms with Crippen molar-refractivity contribution in [3.63, 3.8) is 0 Å². The van der Waals surface area contributed by atoms with Crippen molar-refractivity contribution >= 4 is 11.8 Å². The Balaban J connectivity index is 2.10. The Morgan fingerprint density at radius 1 is 1.39 bits per heavy atom. The molecule has 1 fully saturated rings. The summed E-state index contributed by atoms with van der Waals surface area (Å²) >= 11 is 0. The summed E-state index contributed by atoms with van der Waals surface area (Å²) in [4.78, 5) is 25.0. The largest absolute Gasteiger partial charge is 0.369 e. The molecule has 18 heavy (non-hydrogen) atoms. The molecule has 2 rings (SSSR count). The number of amides is 2. The van der Waals surface area contributed by atoms with Crippen molar-refractivity contribution in [2.75, 3.05) is 13.1 Å². The second-order valence-corrected chi connectivity index (χ2v) is 4.54. The van der Waals surface area contributed by atoms with Crippen LogP contribution in [0.5, 0.6) is 0 Å². The van der Waals surface area contributed by atoms with Crippen LogP contribution >= 0.6 is 0 Å². The van der Waals surface area contributed by atoms with Crippen molar-refractivity contribution in [2.24, 2.45) is 17.4 Å². The average molecular weight is 247 g/mol. The normalized spacial score (nSPS) is 18.9. The number of hydrogen-bond donors (Lipinski definition) is 2. The first-order valence-corrected chi connectivity index (χ1v) is 5.99. The fraction of sp³-hybridized carbons (Fsp3) is 0.385. The molecule has 0 aromatic heterocycles. The maximum Gasteiger partial charge on any atom is 0.253 e. The lowest BCUT2D eigenvalue weighted by Gasteiger charge is -2.16. The Kier molecular flexibility index (Phi) is 3.62. The van der Waals surface area contributed by atoms with Crippen molar-refractivity contribution in [2.45, 2.75) is 13.0 Å². The number of nitrogens with zero attached hydrogens (tertiary/aromatic N) is 1. The van der Waals surface area contributed by atoms with Crippen LogP contribution in [0.3, 0.4) is 0 Å². The maximum absolute atomic E-state index is 12.2. The monoisotopic (exact) mass is 247 g/mol. The predicted molar refractivity (Wildman–Crippen MR) is 67.5 cm³/mol. The van der Waals surface area contributed by atoms with Gasteiger partial charge in [-0.25, -0.2) is 0 Å². The highest BCUT2D eigenvalue weighted by Gasteiger charge is 2.30. The molecule has 5 heteroatoms. The molecule has 1 heterocycles. The number of benzene rings is 1. The zero-order valence-electron chi connectivity index (χ0n) is 10.1. The standard InChI is InChI=1S/C13H17N3O2/c14-7-9-2-1-3-10(6-9)13(18)16-5-4-11(8-16)12(15)17/h1-3,6,11H,4-5,7-8,14H2,(H2,15,17). The summed E-state index contributed by atoms with van der Waals surface area (Å²) in [5.74, 6) is -0.610. The molecular weight excluding hydrogens is 230 g/mol. The van der Waals surface area contributed by atoms with Gasteiger partial charge in [-0.3, -0.25) is 9.59 Å². The first-order valence-electron chi connectivity index (χ1n) is 5.99. The summed E-state index contributed by atoms with van der Waals surface area (Å²) in [5, 5.41) is 0. The van der Waals surface area contributed by atoms with Gasteiger partial charge in [0.15, 0.2) is 0 Å². The number of carbonyl (C=O) groups excluding carboxylic acids is 2. The molecule has 1 aliphatic heterocycles. The summed E-state index contributed by atoms with van der Waals surface area (Å²) in [7, 11) is 0. The third-order valence-corrected chi connectivity index (χ3v) is 3.29. The second kappa shape index (κ2) is 5.18. The summed E-state index contributed by atoms with van der Waals surface area (Å²) in [6.45, 7) is 1.41. The minimum absolute atomic E-state index is 0.0611. The van der Waals surface area contributed by atoms with Gasteiger partial charge in [-0.1, -0.05) is 12.1 Å². The highest BCUT2D eigenvalue weighted by Crippen LogP contribution is 2.18. The van der Waals surface area contributed by atoms with E-state index in [0.29, 0.717) is 31.6 Å². The lowest BCUT2D eigenvalue weighted by molar-refractivity contribution is -0.121. The SMILES string of the molecule is NCc1cccc(C(=O)N2CCC(C(N)=O)C2)c1. The quantitative estimate of drug-likeness (QED) is 0.793. The Bertz CT molecular complexity index is 473. The van der Waals surface area contributed by atoms with Gasteiger partial charge in [0.1, 0.15) is 0 Å². The van der Waals surface area contributed by atoms with E-state index in [0.717, 1.165) is 5.56 Å². The average Bonchev–Trinajstić information content (AvgIpc) is 2.87. The van der Waals surface area contributed by atoms with Gasteiger partial charge in [0.25, 0.3) is 5.91 Å². The topological polar surface area (TPSA) is 89.4 Å². The van der Waals surface area contributed by atoms with Crippen molar-refractivity contribution in [3.8, 4) is 0 Å². The van der Waals surface area contributed by atoms with E-state index >= 15 is 0 Å². The van der Waals surface area contributed by atoms with Gasteiger partial charge >= 0.3 is 0 Å². The first-order chi connectivity index (χ1) is 8.61. The minimum Gasteiger partial charge on any atom is -0.369 e. The van der Waals surface area contributed by atoms with Crippen LogP contribution in [0.15, 0.2) is 24.3 Å². The fourth-order valence-electron chi connectivity index (χ4n) is 2.19. The number of primary amides is 1. The second-order valence-electron chi connectivity index (χ2n) is 4.54. The third-order valence-electron chi connectivity index (χ3n) is 3.29. The van der Waals surface area contributed by atoms with E-state index in [2.05, 4.69) is 0 Å². The number of rotatable bonds is 3. The molecule has 1 aromatic carbocycles. The van der Waals surface area contributed by atoms with E-state index in [1.54, 1.807) is 17.0 Å². The lowest BCUT2D eigenvalue weighted by atomic mass is 10.1. The van der Waals surface area contributed by atoms with Crippen LogP contribution in [-0.4, -0.2) is 29.8 Å². The Labute approximate surface area is 106 Å². The number of likely N-dealkylation sites (tertiary alicyclic amines) is 1. The molecule has 0 aliphatic carbocycles. The summed E-state index contributed by atoms with van der Waals surface area (Å²) in [5.41, 5.74) is 12.3. The van der Waals surface area contributed by atoms with Crippen molar-refractivity contribution in [1.82, 2.24) is 4.90 Å². The molecule has 0 spiro atoms. The van der Waals surface area contributed by atoms with Gasteiger partial charge in [0.2, 0.25) is 5.91 Å². The fourth-order valence-corrected chi connectivity index (χ4v) is 2.19. The molecule has 4 N–H and O–H groups in total. The maximum atomic E-state index is 12.2. The van der Waals surface area contributed by atoms with E-state index in [1.807, 2.05) is 12.1 Å².